The van der Waals surface area contributed by atoms with E-state index in [1.54, 1.807) is 0 Å². The fraction of sp³-hybridized carbons (Fsp3) is 0.600. The van der Waals surface area contributed by atoms with E-state index in [0.717, 1.165) is 19.3 Å². The molecule has 3 heteroatoms. The fourth-order valence-corrected chi connectivity index (χ4v) is 6.12. The molecule has 0 N–H and O–H groups in total. The largest absolute Gasteiger partial charge is 0.303 e. The molecule has 3 aliphatic rings. The first kappa shape index (κ1) is 15.4. The van der Waals surface area contributed by atoms with Gasteiger partial charge < -0.3 is 4.79 Å². The lowest BCUT2D eigenvalue weighted by molar-refractivity contribution is -0.115. The lowest BCUT2D eigenvalue weighted by Crippen LogP contribution is -2.42. The minimum atomic E-state index is -0.143. The minimum Gasteiger partial charge on any atom is -0.303 e. The van der Waals surface area contributed by atoms with Gasteiger partial charge in [-0.25, -0.2) is 0 Å². The Morgan fingerprint density at radius 3 is 2.83 bits per heavy atom. The van der Waals surface area contributed by atoms with Gasteiger partial charge in [0.1, 0.15) is 6.29 Å². The molecule has 4 rings (SSSR count). The highest BCUT2D eigenvalue weighted by Gasteiger charge is 2.54. The van der Waals surface area contributed by atoms with Crippen LogP contribution in [0.5, 0.6) is 0 Å². The van der Waals surface area contributed by atoms with E-state index in [-0.39, 0.29) is 16.4 Å². The van der Waals surface area contributed by atoms with Crippen LogP contribution in [0.25, 0.3) is 0 Å². The van der Waals surface area contributed by atoms with E-state index in [1.165, 1.54) is 36.7 Å². The lowest BCUT2D eigenvalue weighted by atomic mass is 9.54. The van der Waals surface area contributed by atoms with Gasteiger partial charge in [0.2, 0.25) is 5.12 Å². The molecule has 122 valence electrons. The first-order chi connectivity index (χ1) is 11.0. The van der Waals surface area contributed by atoms with Crippen molar-refractivity contribution in [2.75, 3.05) is 0 Å². The summed E-state index contributed by atoms with van der Waals surface area (Å²) in [5.41, 5.74) is 3.74. The first-order valence-electron chi connectivity index (χ1n) is 8.86. The van der Waals surface area contributed by atoms with Crippen LogP contribution in [0.4, 0.5) is 0 Å². The summed E-state index contributed by atoms with van der Waals surface area (Å²) in [4.78, 5) is 23.0. The Balaban J connectivity index is 1.68. The summed E-state index contributed by atoms with van der Waals surface area (Å²) in [6.45, 7) is 2.36. The van der Waals surface area contributed by atoms with Crippen LogP contribution in [0.2, 0.25) is 0 Å². The highest BCUT2D eigenvalue weighted by molar-refractivity contribution is 7.97. The highest BCUT2D eigenvalue weighted by atomic mass is 32.1. The Morgan fingerprint density at radius 1 is 1.26 bits per heavy atom. The molecule has 4 unspecified atom stereocenters. The second-order valence-electron chi connectivity index (χ2n) is 8.00. The number of benzene rings is 1. The van der Waals surface area contributed by atoms with Crippen molar-refractivity contribution in [1.29, 1.82) is 0 Å². The van der Waals surface area contributed by atoms with Gasteiger partial charge in [0.15, 0.2) is 0 Å². The molecule has 0 bridgehead atoms. The van der Waals surface area contributed by atoms with E-state index in [1.807, 2.05) is 6.07 Å². The van der Waals surface area contributed by atoms with Crippen LogP contribution in [0.3, 0.4) is 0 Å². The predicted octanol–water partition coefficient (Wildman–Crippen LogP) is 4.43. The van der Waals surface area contributed by atoms with Gasteiger partial charge in [-0.2, -0.15) is 0 Å². The molecule has 2 nitrogen and oxygen atoms in total. The number of carbonyl (C=O) groups excluding carboxylic acids is 2. The lowest BCUT2D eigenvalue weighted by Gasteiger charge is -2.50. The number of fused-ring (bicyclic) bond motifs is 5. The Labute approximate surface area is 143 Å². The number of hydrogen-bond donors (Lipinski definition) is 1. The number of aldehydes is 1. The summed E-state index contributed by atoms with van der Waals surface area (Å²) < 4.78 is 0. The Hall–Kier alpha value is -1.09. The molecule has 3 aliphatic carbocycles. The van der Waals surface area contributed by atoms with Crippen LogP contribution in [0, 0.1) is 23.2 Å². The molecule has 2 fully saturated rings. The molecule has 5 atom stereocenters. The van der Waals surface area contributed by atoms with Gasteiger partial charge in [-0.3, -0.25) is 4.79 Å². The number of hydrogen-bond acceptors (Lipinski definition) is 2. The molecular formula is C20H24O2S. The maximum Gasteiger partial charge on any atom is 0.216 e. The summed E-state index contributed by atoms with van der Waals surface area (Å²) in [6, 6.07) is 6.16. The van der Waals surface area contributed by atoms with Gasteiger partial charge in [0.05, 0.1) is 0 Å². The van der Waals surface area contributed by atoms with E-state index in [4.69, 9.17) is 0 Å². The summed E-state index contributed by atoms with van der Waals surface area (Å²) in [5.74, 6) is 2.28. The maximum atomic E-state index is 11.5. The van der Waals surface area contributed by atoms with E-state index in [0.29, 0.717) is 23.3 Å². The molecule has 0 spiro atoms. The van der Waals surface area contributed by atoms with Gasteiger partial charge >= 0.3 is 0 Å². The Bertz CT molecular complexity index is 668. The van der Waals surface area contributed by atoms with Crippen molar-refractivity contribution >= 4 is 24.0 Å². The second kappa shape index (κ2) is 5.47. The molecule has 0 heterocycles. The molecule has 1 aromatic carbocycles. The van der Waals surface area contributed by atoms with Crippen LogP contribution in [-0.4, -0.2) is 11.4 Å². The smallest absolute Gasteiger partial charge is 0.216 e. The third kappa shape index (κ3) is 2.23. The fourth-order valence-electron chi connectivity index (χ4n) is 5.98. The summed E-state index contributed by atoms with van der Waals surface area (Å²) in [5, 5.41) is -0.143. The molecule has 0 radical (unpaired) electrons. The Morgan fingerprint density at radius 2 is 2.09 bits per heavy atom. The zero-order valence-corrected chi connectivity index (χ0v) is 14.5. The zero-order valence-electron chi connectivity index (χ0n) is 13.6. The Kier molecular flexibility index (Phi) is 3.67. The molecule has 0 saturated heterocycles. The van der Waals surface area contributed by atoms with Crippen molar-refractivity contribution in [3.63, 3.8) is 0 Å². The number of carbonyl (C=O) groups is 2. The van der Waals surface area contributed by atoms with Gasteiger partial charge in [-0.05, 0) is 78.9 Å². The SMILES string of the molecule is CC12CCC3c4ccc(C(=O)S)cc4CCC3C1CC[C@@H]2C=O. The molecule has 0 amide bonds. The second-order valence-corrected chi connectivity index (χ2v) is 8.40. The van der Waals surface area contributed by atoms with Crippen LogP contribution in [0.15, 0.2) is 18.2 Å². The average molecular weight is 328 g/mol. The number of thiol groups is 1. The van der Waals surface area contributed by atoms with Crippen molar-refractivity contribution in [3.05, 3.63) is 34.9 Å². The molecule has 23 heavy (non-hydrogen) atoms. The van der Waals surface area contributed by atoms with Crippen LogP contribution < -0.4 is 0 Å². The molecule has 2 saturated carbocycles. The van der Waals surface area contributed by atoms with Gasteiger partial charge in [0.25, 0.3) is 0 Å². The van der Waals surface area contributed by atoms with Gasteiger partial charge in [-0.15, -0.1) is 12.6 Å². The van der Waals surface area contributed by atoms with Crippen molar-refractivity contribution in [1.82, 2.24) is 0 Å². The van der Waals surface area contributed by atoms with Crippen molar-refractivity contribution < 1.29 is 9.59 Å². The third-order valence-electron chi connectivity index (χ3n) is 7.21. The number of rotatable bonds is 2. The minimum absolute atomic E-state index is 0.143. The molecule has 1 aromatic rings. The quantitative estimate of drug-likeness (QED) is 0.644. The number of aryl methyl sites for hydroxylation is 1. The predicted molar refractivity (Wildman–Crippen MR) is 93.9 cm³/mol. The van der Waals surface area contributed by atoms with Crippen molar-refractivity contribution in [2.24, 2.45) is 23.2 Å². The van der Waals surface area contributed by atoms with Crippen molar-refractivity contribution in [3.8, 4) is 0 Å². The summed E-state index contributed by atoms with van der Waals surface area (Å²) in [7, 11) is 0. The first-order valence-corrected chi connectivity index (χ1v) is 9.30. The standard InChI is InChI=1S/C20H24O2S/c1-20-9-8-16-15-5-3-13(19(22)23)10-12(15)2-6-17(16)18(20)7-4-14(20)11-21/h3,5,10-11,14,16-18H,2,4,6-9H2,1H3,(H,22,23)/t14-,16?,17?,18?,20?/m1/s1. The highest BCUT2D eigenvalue weighted by Crippen LogP contribution is 2.62. The summed E-state index contributed by atoms with van der Waals surface area (Å²) in [6.07, 6.45) is 8.12. The van der Waals surface area contributed by atoms with Gasteiger partial charge in [-0.1, -0.05) is 19.1 Å². The maximum absolute atomic E-state index is 11.5. The topological polar surface area (TPSA) is 34.1 Å². The monoisotopic (exact) mass is 328 g/mol. The van der Waals surface area contributed by atoms with Crippen LogP contribution in [0.1, 0.15) is 66.4 Å². The van der Waals surface area contributed by atoms with E-state index >= 15 is 0 Å². The van der Waals surface area contributed by atoms with Crippen LogP contribution >= 0.6 is 12.6 Å². The zero-order chi connectivity index (χ0) is 16.2. The molecular weight excluding hydrogens is 304 g/mol. The molecule has 0 aliphatic heterocycles. The molecule has 0 aromatic heterocycles. The summed E-state index contributed by atoms with van der Waals surface area (Å²) >= 11 is 3.96. The van der Waals surface area contributed by atoms with E-state index < -0.39 is 0 Å². The third-order valence-corrected chi connectivity index (χ3v) is 7.47. The van der Waals surface area contributed by atoms with Gasteiger partial charge in [0, 0.05) is 11.5 Å². The van der Waals surface area contributed by atoms with E-state index in [2.05, 4.69) is 31.7 Å². The van der Waals surface area contributed by atoms with Crippen molar-refractivity contribution in [2.45, 2.75) is 51.4 Å². The van der Waals surface area contributed by atoms with E-state index in [9.17, 15) is 9.59 Å². The van der Waals surface area contributed by atoms with Crippen LogP contribution in [-0.2, 0) is 11.2 Å². The average Bonchev–Trinajstić information content (AvgIpc) is 2.90. The normalized spacial score (nSPS) is 38.3.